The number of anilines is 1. The van der Waals surface area contributed by atoms with Gasteiger partial charge >= 0.3 is 12.1 Å². The Morgan fingerprint density at radius 2 is 1.78 bits per heavy atom. The molecule has 15 heteroatoms. The van der Waals surface area contributed by atoms with E-state index in [1.54, 1.807) is 32.2 Å². The number of carboxylic acids is 1. The summed E-state index contributed by atoms with van der Waals surface area (Å²) in [5.41, 5.74) is 0.316. The Balaban J connectivity index is 1.32. The van der Waals surface area contributed by atoms with Gasteiger partial charge in [-0.25, -0.2) is 18.0 Å². The number of hydrogen-bond acceptors (Lipinski definition) is 6. The molecule has 2 aromatic heterocycles. The number of rotatable bonds is 7. The highest BCUT2D eigenvalue weighted by Crippen LogP contribution is 2.35. The van der Waals surface area contributed by atoms with Gasteiger partial charge in [0.15, 0.2) is 0 Å². The van der Waals surface area contributed by atoms with Crippen LogP contribution in [0.5, 0.6) is 0 Å². The first-order valence-corrected chi connectivity index (χ1v) is 15.3. The number of halogens is 6. The van der Waals surface area contributed by atoms with E-state index >= 15 is 8.78 Å². The number of alkyl halides is 3. The van der Waals surface area contributed by atoms with Crippen LogP contribution >= 0.6 is 0 Å². The minimum atomic E-state index is -4.77. The minimum Gasteiger partial charge on any atom is -0.480 e. The molecular weight excluding hydrogens is 670 g/mol. The molecule has 50 heavy (non-hydrogen) atoms. The number of carbonyl (C=O) groups excluding carboxylic acids is 1. The fraction of sp³-hybridized carbons (Fsp3) is 0.257. The lowest BCUT2D eigenvalue weighted by Gasteiger charge is -2.38. The topological polar surface area (TPSA) is 114 Å². The van der Waals surface area contributed by atoms with Crippen LogP contribution in [0.1, 0.15) is 21.5 Å². The van der Waals surface area contributed by atoms with Crippen LogP contribution in [0.3, 0.4) is 0 Å². The van der Waals surface area contributed by atoms with Crippen molar-refractivity contribution in [2.24, 2.45) is 7.05 Å². The summed E-state index contributed by atoms with van der Waals surface area (Å²) in [6.07, 6.45) is -3.73. The Hall–Kier alpha value is -5.44. The number of carboxylic acid groups (broad SMARTS) is 1. The molecule has 9 nitrogen and oxygen atoms in total. The highest BCUT2D eigenvalue weighted by Gasteiger charge is 2.46. The van der Waals surface area contributed by atoms with Crippen molar-refractivity contribution >= 4 is 39.4 Å². The smallest absolute Gasteiger partial charge is 0.411 e. The van der Waals surface area contributed by atoms with Gasteiger partial charge in [-0.2, -0.15) is 13.2 Å². The maximum Gasteiger partial charge on any atom is 0.411 e. The molecule has 1 aliphatic heterocycles. The second kappa shape index (κ2) is 13.1. The number of carbonyl (C=O) groups is 2. The fourth-order valence-corrected chi connectivity index (χ4v) is 6.38. The summed E-state index contributed by atoms with van der Waals surface area (Å²) < 4.78 is 91.5. The maximum absolute atomic E-state index is 15.2. The summed E-state index contributed by atoms with van der Waals surface area (Å²) in [4.78, 5) is 44.1. The van der Waals surface area contributed by atoms with Crippen LogP contribution in [0.25, 0.3) is 32.9 Å². The van der Waals surface area contributed by atoms with Crippen molar-refractivity contribution in [3.63, 3.8) is 0 Å². The Labute approximate surface area is 279 Å². The van der Waals surface area contributed by atoms with Crippen molar-refractivity contribution in [3.05, 3.63) is 105 Å². The molecule has 3 heterocycles. The van der Waals surface area contributed by atoms with Crippen molar-refractivity contribution in [3.8, 4) is 11.1 Å². The van der Waals surface area contributed by atoms with Gasteiger partial charge in [-0.15, -0.1) is 0 Å². The number of hydrogen-bond donors (Lipinski definition) is 2. The lowest BCUT2D eigenvalue weighted by molar-refractivity contribution is -0.167. The van der Waals surface area contributed by atoms with Crippen molar-refractivity contribution in [1.29, 1.82) is 0 Å². The average molecular weight is 699 g/mol. The first-order valence-electron chi connectivity index (χ1n) is 15.3. The molecule has 260 valence electrons. The fourth-order valence-electron chi connectivity index (χ4n) is 6.38. The van der Waals surface area contributed by atoms with E-state index in [0.717, 1.165) is 4.90 Å². The molecule has 1 amide bonds. The zero-order valence-electron chi connectivity index (χ0n) is 26.4. The quantitative estimate of drug-likeness (QED) is 0.211. The Bertz CT molecular complexity index is 2220. The second-order valence-corrected chi connectivity index (χ2v) is 11.9. The summed E-state index contributed by atoms with van der Waals surface area (Å²) in [5, 5.41) is 13.1. The molecule has 3 aromatic carbocycles. The number of benzene rings is 3. The summed E-state index contributed by atoms with van der Waals surface area (Å²) in [5.74, 6) is -6.46. The summed E-state index contributed by atoms with van der Waals surface area (Å²) >= 11 is 0. The van der Waals surface area contributed by atoms with Crippen molar-refractivity contribution in [2.45, 2.75) is 31.6 Å². The number of fused-ring (bicyclic) bond motifs is 2. The molecule has 0 saturated carbocycles. The zero-order chi connectivity index (χ0) is 36.1. The van der Waals surface area contributed by atoms with E-state index in [4.69, 9.17) is 4.74 Å². The first kappa shape index (κ1) is 34.4. The summed E-state index contributed by atoms with van der Waals surface area (Å²) in [6.45, 7) is 0.495. The molecule has 1 fully saturated rings. The molecule has 0 bridgehead atoms. The second-order valence-electron chi connectivity index (χ2n) is 11.9. The Morgan fingerprint density at radius 1 is 1.06 bits per heavy atom. The predicted molar refractivity (Wildman–Crippen MR) is 172 cm³/mol. The van der Waals surface area contributed by atoms with Gasteiger partial charge in [0, 0.05) is 42.7 Å². The van der Waals surface area contributed by atoms with Crippen LogP contribution in [0.2, 0.25) is 0 Å². The van der Waals surface area contributed by atoms with E-state index < -0.39 is 71.9 Å². The van der Waals surface area contributed by atoms with Gasteiger partial charge in [-0.1, -0.05) is 18.2 Å². The van der Waals surface area contributed by atoms with E-state index in [1.807, 2.05) is 0 Å². The highest BCUT2D eigenvalue weighted by atomic mass is 19.4. The molecule has 2 N–H and O–H groups in total. The molecule has 0 aliphatic carbocycles. The number of aryl methyl sites for hydroxylation is 2. The Kier molecular flexibility index (Phi) is 9.03. The van der Waals surface area contributed by atoms with Gasteiger partial charge in [0.2, 0.25) is 0 Å². The van der Waals surface area contributed by atoms with Gasteiger partial charge in [0.05, 0.1) is 29.8 Å². The van der Waals surface area contributed by atoms with E-state index in [1.165, 1.54) is 35.0 Å². The lowest BCUT2D eigenvalue weighted by atomic mass is 9.92. The van der Waals surface area contributed by atoms with Crippen molar-refractivity contribution in [2.75, 3.05) is 24.7 Å². The van der Waals surface area contributed by atoms with Gasteiger partial charge in [0.1, 0.15) is 35.1 Å². The van der Waals surface area contributed by atoms with E-state index in [0.29, 0.717) is 45.1 Å². The maximum atomic E-state index is 15.2. The normalized spacial score (nSPS) is 15.8. The zero-order valence-corrected chi connectivity index (χ0v) is 26.4. The number of nitrogens with one attached hydrogen (secondary N) is 1. The lowest BCUT2D eigenvalue weighted by Crippen LogP contribution is -2.53. The van der Waals surface area contributed by atoms with E-state index in [9.17, 15) is 37.1 Å². The van der Waals surface area contributed by atoms with Crippen LogP contribution in [0, 0.1) is 24.4 Å². The third-order valence-electron chi connectivity index (χ3n) is 8.86. The van der Waals surface area contributed by atoms with Crippen molar-refractivity contribution in [1.82, 2.24) is 14.9 Å². The van der Waals surface area contributed by atoms with Crippen LogP contribution in [-0.2, 0) is 23.0 Å². The number of morpholine rings is 1. The molecule has 1 unspecified atom stereocenters. The van der Waals surface area contributed by atoms with Gasteiger partial charge < -0.3 is 24.6 Å². The molecular formula is C35H28F6N4O5. The van der Waals surface area contributed by atoms with Crippen molar-refractivity contribution < 1.29 is 45.8 Å². The standard InChI is InChI=1S/C35H28F6N4O5/c1-17-23-13-19(36)6-8-27(23)44(2)33(47)29(17)21-7-5-18(31-22(21)4-3-9-42-31)12-26(34(48)49)43-32(46)30-24(37)14-20(15-25(30)38)45-10-11-50-16-28(45)35(39,40)41/h3-9,13-15,26,28H,10-12,16H2,1-2H3,(H,43,46)(H,48,49)/t26?,28-/m1/s1. The third-order valence-corrected chi connectivity index (χ3v) is 8.86. The van der Waals surface area contributed by atoms with Gasteiger partial charge in [0.25, 0.3) is 11.5 Å². The summed E-state index contributed by atoms with van der Waals surface area (Å²) in [7, 11) is 1.56. The molecule has 1 saturated heterocycles. The number of aliphatic carboxylic acids is 1. The Morgan fingerprint density at radius 3 is 2.46 bits per heavy atom. The van der Waals surface area contributed by atoms with Crippen LogP contribution < -0.4 is 15.8 Å². The first-order chi connectivity index (χ1) is 23.7. The monoisotopic (exact) mass is 698 g/mol. The average Bonchev–Trinajstić information content (AvgIpc) is 3.07. The van der Waals surface area contributed by atoms with E-state index in [2.05, 4.69) is 10.3 Å². The van der Waals surface area contributed by atoms with Crippen LogP contribution in [-0.4, -0.2) is 64.6 Å². The molecule has 0 spiro atoms. The number of pyridine rings is 2. The van der Waals surface area contributed by atoms with Crippen LogP contribution in [0.15, 0.2) is 65.6 Å². The third kappa shape index (κ3) is 6.24. The SMILES string of the molecule is Cc1c(-c2ccc(CC(NC(=O)c3c(F)cc(N4CCOC[C@@H]4C(F)(F)F)cc3F)C(=O)O)c3ncccc23)c(=O)n(C)c2ccc(F)cc12. The van der Waals surface area contributed by atoms with E-state index in [-0.39, 0.29) is 29.8 Å². The number of aromatic nitrogens is 2. The molecule has 5 aromatic rings. The molecule has 0 radical (unpaired) electrons. The summed E-state index contributed by atoms with van der Waals surface area (Å²) in [6, 6.07) is 7.70. The number of amides is 1. The molecule has 2 atom stereocenters. The molecule has 1 aliphatic rings. The minimum absolute atomic E-state index is 0.124. The number of ether oxygens (including phenoxy) is 1. The van der Waals surface area contributed by atoms with Crippen LogP contribution in [0.4, 0.5) is 32.0 Å². The predicted octanol–water partition coefficient (Wildman–Crippen LogP) is 5.67. The number of nitrogens with zero attached hydrogens (tertiary/aromatic N) is 3. The van der Waals surface area contributed by atoms with Gasteiger partial charge in [-0.05, 0) is 60.0 Å². The highest BCUT2D eigenvalue weighted by molar-refractivity contribution is 6.01. The largest absolute Gasteiger partial charge is 0.480 e. The molecule has 6 rings (SSSR count). The van der Waals surface area contributed by atoms with Gasteiger partial charge in [-0.3, -0.25) is 14.6 Å².